The van der Waals surface area contributed by atoms with Crippen LogP contribution in [0.4, 0.5) is 5.69 Å². The zero-order valence-electron chi connectivity index (χ0n) is 13.7. The molecule has 0 fully saturated rings. The molecule has 1 unspecified atom stereocenters. The third-order valence-corrected chi connectivity index (χ3v) is 3.77. The summed E-state index contributed by atoms with van der Waals surface area (Å²) in [4.78, 5) is 14.8. The number of nitro groups is 1. The minimum absolute atomic E-state index is 0. The minimum Gasteiger partial charge on any atom is -0.356 e. The van der Waals surface area contributed by atoms with Crippen molar-refractivity contribution in [3.63, 3.8) is 0 Å². The second kappa shape index (κ2) is 12.4. The molecule has 0 saturated heterocycles. The van der Waals surface area contributed by atoms with Gasteiger partial charge in [0.15, 0.2) is 5.96 Å². The van der Waals surface area contributed by atoms with Crippen LogP contribution in [0.25, 0.3) is 0 Å². The van der Waals surface area contributed by atoms with Crippen molar-refractivity contribution in [3.05, 3.63) is 39.9 Å². The molecule has 0 radical (unpaired) electrons. The van der Waals surface area contributed by atoms with E-state index in [2.05, 4.69) is 35.7 Å². The van der Waals surface area contributed by atoms with E-state index in [1.54, 1.807) is 23.9 Å². The van der Waals surface area contributed by atoms with Crippen molar-refractivity contribution in [1.29, 1.82) is 0 Å². The Kier molecular flexibility index (Phi) is 11.8. The number of nitro benzene ring substituents is 1. The first-order chi connectivity index (χ1) is 10.6. The SMILES string of the molecule is CCC(C)NC(=NCc1ccc([N+](=O)[O-])cc1)NCCSC.I. The average molecular weight is 452 g/mol. The lowest BCUT2D eigenvalue weighted by Crippen LogP contribution is -2.42. The third kappa shape index (κ3) is 8.99. The van der Waals surface area contributed by atoms with E-state index in [0.29, 0.717) is 12.6 Å². The number of hydrogen-bond acceptors (Lipinski definition) is 4. The molecule has 0 aliphatic rings. The first kappa shape index (κ1) is 22.0. The molecule has 0 spiro atoms. The number of thioether (sulfide) groups is 1. The maximum Gasteiger partial charge on any atom is 0.269 e. The first-order valence-corrected chi connectivity index (χ1v) is 8.73. The molecule has 23 heavy (non-hydrogen) atoms. The summed E-state index contributed by atoms with van der Waals surface area (Å²) in [5.74, 6) is 1.79. The van der Waals surface area contributed by atoms with E-state index < -0.39 is 4.92 Å². The van der Waals surface area contributed by atoms with Gasteiger partial charge in [-0.05, 0) is 25.2 Å². The molecule has 1 atom stereocenters. The number of benzene rings is 1. The van der Waals surface area contributed by atoms with Gasteiger partial charge in [-0.3, -0.25) is 10.1 Å². The zero-order chi connectivity index (χ0) is 16.4. The van der Waals surface area contributed by atoms with Gasteiger partial charge < -0.3 is 10.6 Å². The number of nitrogens with one attached hydrogen (secondary N) is 2. The molecule has 1 aromatic carbocycles. The van der Waals surface area contributed by atoms with Gasteiger partial charge in [-0.25, -0.2) is 4.99 Å². The van der Waals surface area contributed by atoms with Crippen molar-refractivity contribution in [2.45, 2.75) is 32.9 Å². The molecular formula is C15H25IN4O2S. The van der Waals surface area contributed by atoms with Crippen molar-refractivity contribution in [1.82, 2.24) is 10.6 Å². The van der Waals surface area contributed by atoms with Gasteiger partial charge in [-0.1, -0.05) is 19.1 Å². The van der Waals surface area contributed by atoms with E-state index >= 15 is 0 Å². The van der Waals surface area contributed by atoms with Gasteiger partial charge in [0.1, 0.15) is 0 Å². The lowest BCUT2D eigenvalue weighted by Gasteiger charge is -2.16. The fourth-order valence-electron chi connectivity index (χ4n) is 1.65. The summed E-state index contributed by atoms with van der Waals surface area (Å²) in [5, 5.41) is 17.3. The number of halogens is 1. The monoisotopic (exact) mass is 452 g/mol. The Bertz CT molecular complexity index is 497. The van der Waals surface area contributed by atoms with E-state index in [1.807, 2.05) is 0 Å². The van der Waals surface area contributed by atoms with E-state index in [-0.39, 0.29) is 29.7 Å². The van der Waals surface area contributed by atoms with E-state index in [4.69, 9.17) is 0 Å². The Morgan fingerprint density at radius 2 is 2.04 bits per heavy atom. The molecule has 8 heteroatoms. The van der Waals surface area contributed by atoms with Gasteiger partial charge in [0.05, 0.1) is 11.5 Å². The van der Waals surface area contributed by atoms with Crippen LogP contribution in [0.2, 0.25) is 0 Å². The van der Waals surface area contributed by atoms with Gasteiger partial charge in [0, 0.05) is 30.5 Å². The van der Waals surface area contributed by atoms with Gasteiger partial charge in [-0.15, -0.1) is 24.0 Å². The molecule has 0 heterocycles. The standard InChI is InChI=1S/C15H24N4O2S.HI/c1-4-12(2)18-15(16-9-10-22-3)17-11-13-5-7-14(8-6-13)19(20)21;/h5-8,12H,4,9-11H2,1-3H3,(H2,16,17,18);1H. The van der Waals surface area contributed by atoms with E-state index in [9.17, 15) is 10.1 Å². The van der Waals surface area contributed by atoms with Crippen molar-refractivity contribution in [3.8, 4) is 0 Å². The molecule has 130 valence electrons. The lowest BCUT2D eigenvalue weighted by atomic mass is 10.2. The largest absolute Gasteiger partial charge is 0.356 e. The second-order valence-corrected chi connectivity index (χ2v) is 5.95. The van der Waals surface area contributed by atoms with Gasteiger partial charge in [-0.2, -0.15) is 11.8 Å². The Morgan fingerprint density at radius 1 is 1.39 bits per heavy atom. The molecule has 0 amide bonds. The highest BCUT2D eigenvalue weighted by molar-refractivity contribution is 14.0. The van der Waals surface area contributed by atoms with Crippen molar-refractivity contribution in [2.24, 2.45) is 4.99 Å². The van der Waals surface area contributed by atoms with Crippen LogP contribution in [0.1, 0.15) is 25.8 Å². The third-order valence-electron chi connectivity index (χ3n) is 3.16. The highest BCUT2D eigenvalue weighted by Crippen LogP contribution is 2.12. The number of rotatable bonds is 8. The Balaban J connectivity index is 0.00000484. The van der Waals surface area contributed by atoms with Crippen LogP contribution < -0.4 is 10.6 Å². The van der Waals surface area contributed by atoms with Crippen LogP contribution in [-0.2, 0) is 6.54 Å². The Labute approximate surface area is 159 Å². The van der Waals surface area contributed by atoms with Gasteiger partial charge in [0.2, 0.25) is 0 Å². The molecule has 0 aliphatic heterocycles. The predicted octanol–water partition coefficient (Wildman–Crippen LogP) is 3.41. The second-order valence-electron chi connectivity index (χ2n) is 4.96. The van der Waals surface area contributed by atoms with Gasteiger partial charge in [0.25, 0.3) is 5.69 Å². The van der Waals surface area contributed by atoms with Crippen molar-refractivity contribution in [2.75, 3.05) is 18.6 Å². The van der Waals surface area contributed by atoms with Crippen LogP contribution in [0.5, 0.6) is 0 Å². The summed E-state index contributed by atoms with van der Waals surface area (Å²) < 4.78 is 0. The van der Waals surface area contributed by atoms with Crippen LogP contribution in [-0.4, -0.2) is 35.5 Å². The zero-order valence-corrected chi connectivity index (χ0v) is 16.9. The fourth-order valence-corrected chi connectivity index (χ4v) is 1.96. The normalized spacial score (nSPS) is 12.2. The predicted molar refractivity (Wildman–Crippen MR) is 109 cm³/mol. The summed E-state index contributed by atoms with van der Waals surface area (Å²) in [6.07, 6.45) is 3.08. The highest BCUT2D eigenvalue weighted by atomic mass is 127. The topological polar surface area (TPSA) is 79.6 Å². The minimum atomic E-state index is -0.396. The van der Waals surface area contributed by atoms with E-state index in [0.717, 1.165) is 30.2 Å². The maximum absolute atomic E-state index is 10.6. The summed E-state index contributed by atoms with van der Waals surface area (Å²) in [5.41, 5.74) is 1.05. The fraction of sp³-hybridized carbons (Fsp3) is 0.533. The number of non-ortho nitro benzene ring substituents is 1. The van der Waals surface area contributed by atoms with E-state index in [1.165, 1.54) is 12.1 Å². The molecular weight excluding hydrogens is 427 g/mol. The summed E-state index contributed by atoms with van der Waals surface area (Å²) in [6.45, 7) is 5.57. The molecule has 0 bridgehead atoms. The molecule has 0 aliphatic carbocycles. The molecule has 1 rings (SSSR count). The van der Waals surface area contributed by atoms with Crippen molar-refractivity contribution >= 4 is 47.4 Å². The van der Waals surface area contributed by atoms with Crippen LogP contribution in [0, 0.1) is 10.1 Å². The molecule has 0 aromatic heterocycles. The average Bonchev–Trinajstić information content (AvgIpc) is 2.52. The van der Waals surface area contributed by atoms with Crippen molar-refractivity contribution < 1.29 is 4.92 Å². The Morgan fingerprint density at radius 3 is 2.57 bits per heavy atom. The summed E-state index contributed by atoms with van der Waals surface area (Å²) >= 11 is 1.78. The van der Waals surface area contributed by atoms with Gasteiger partial charge >= 0.3 is 0 Å². The quantitative estimate of drug-likeness (QED) is 0.158. The molecule has 0 saturated carbocycles. The number of aliphatic imine (C=N–C) groups is 1. The van der Waals surface area contributed by atoms with Crippen LogP contribution >= 0.6 is 35.7 Å². The lowest BCUT2D eigenvalue weighted by molar-refractivity contribution is -0.384. The number of hydrogen-bond donors (Lipinski definition) is 2. The van der Waals surface area contributed by atoms with Crippen LogP contribution in [0.15, 0.2) is 29.3 Å². The highest BCUT2D eigenvalue weighted by Gasteiger charge is 2.05. The smallest absolute Gasteiger partial charge is 0.269 e. The number of nitrogens with zero attached hydrogens (tertiary/aromatic N) is 2. The molecule has 1 aromatic rings. The number of guanidine groups is 1. The first-order valence-electron chi connectivity index (χ1n) is 7.34. The maximum atomic E-state index is 10.6. The Hall–Kier alpha value is -1.03. The molecule has 2 N–H and O–H groups in total. The summed E-state index contributed by atoms with van der Waals surface area (Å²) in [6, 6.07) is 6.84. The summed E-state index contributed by atoms with van der Waals surface area (Å²) in [7, 11) is 0. The van der Waals surface area contributed by atoms with Crippen LogP contribution in [0.3, 0.4) is 0 Å². The molecule has 6 nitrogen and oxygen atoms in total.